The highest BCUT2D eigenvalue weighted by Gasteiger charge is 2.32. The van der Waals surface area contributed by atoms with Crippen LogP contribution in [0.4, 0.5) is 16.0 Å². The first-order valence-corrected chi connectivity index (χ1v) is 9.96. The largest absolute Gasteiger partial charge is 0.347 e. The van der Waals surface area contributed by atoms with E-state index in [4.69, 9.17) is 0 Å². The van der Waals surface area contributed by atoms with Crippen molar-refractivity contribution in [3.05, 3.63) is 47.5 Å². The van der Waals surface area contributed by atoms with Crippen molar-refractivity contribution in [2.75, 3.05) is 29.4 Å². The van der Waals surface area contributed by atoms with Gasteiger partial charge in [-0.25, -0.2) is 14.4 Å². The fraction of sp³-hybridized carbons (Fsp3) is 0.429. The number of aryl methyl sites for hydroxylation is 1. The van der Waals surface area contributed by atoms with Crippen LogP contribution in [0.3, 0.4) is 0 Å². The zero-order valence-corrected chi connectivity index (χ0v) is 16.4. The molecule has 2 saturated heterocycles. The van der Waals surface area contributed by atoms with Crippen LogP contribution in [0.1, 0.15) is 41.7 Å². The van der Waals surface area contributed by atoms with Crippen LogP contribution >= 0.6 is 0 Å². The van der Waals surface area contributed by atoms with E-state index in [1.807, 2.05) is 0 Å². The highest BCUT2D eigenvalue weighted by Crippen LogP contribution is 2.22. The van der Waals surface area contributed by atoms with E-state index >= 15 is 0 Å². The molecule has 0 spiro atoms. The van der Waals surface area contributed by atoms with Crippen LogP contribution in [0.2, 0.25) is 0 Å². The summed E-state index contributed by atoms with van der Waals surface area (Å²) in [7, 11) is 0. The molecule has 4 rings (SSSR count). The van der Waals surface area contributed by atoms with Crippen molar-refractivity contribution in [3.8, 4) is 0 Å². The molecule has 1 N–H and O–H groups in total. The zero-order chi connectivity index (χ0) is 20.4. The number of benzene rings is 1. The van der Waals surface area contributed by atoms with E-state index in [0.29, 0.717) is 29.4 Å². The maximum atomic E-state index is 13.1. The van der Waals surface area contributed by atoms with E-state index < -0.39 is 0 Å². The smallest absolute Gasteiger partial charge is 0.254 e. The minimum absolute atomic E-state index is 0.102. The lowest BCUT2D eigenvalue weighted by molar-refractivity contribution is -0.117. The van der Waals surface area contributed by atoms with E-state index in [9.17, 15) is 14.0 Å². The predicted molar refractivity (Wildman–Crippen MR) is 107 cm³/mol. The van der Waals surface area contributed by atoms with Crippen LogP contribution in [0.25, 0.3) is 0 Å². The standard InChI is InChI=1S/C21H24FN5O2/c1-14-18(12-23-21(24-14)26-9-3-2-4-10-26)20(29)25-16-11-19(28)27(13-16)17-7-5-15(22)6-8-17/h5-8,12,16H,2-4,9-11,13H2,1H3,(H,25,29)/t16-/m1/s1. The second kappa shape index (κ2) is 8.14. The maximum absolute atomic E-state index is 13.1. The summed E-state index contributed by atoms with van der Waals surface area (Å²) in [5.74, 6) is -0.0761. The van der Waals surface area contributed by atoms with Gasteiger partial charge in [0.25, 0.3) is 5.91 Å². The molecule has 2 amide bonds. The van der Waals surface area contributed by atoms with Gasteiger partial charge in [-0.15, -0.1) is 0 Å². The summed E-state index contributed by atoms with van der Waals surface area (Å²) in [5.41, 5.74) is 1.66. The van der Waals surface area contributed by atoms with Gasteiger partial charge in [-0.1, -0.05) is 0 Å². The number of piperidine rings is 1. The van der Waals surface area contributed by atoms with E-state index in [2.05, 4.69) is 20.2 Å². The summed E-state index contributed by atoms with van der Waals surface area (Å²) in [4.78, 5) is 37.7. The van der Waals surface area contributed by atoms with E-state index in [-0.39, 0.29) is 30.1 Å². The Hall–Kier alpha value is -3.03. The van der Waals surface area contributed by atoms with Gasteiger partial charge in [-0.2, -0.15) is 0 Å². The number of amides is 2. The van der Waals surface area contributed by atoms with Crippen LogP contribution in [0.15, 0.2) is 30.5 Å². The van der Waals surface area contributed by atoms with Crippen LogP contribution in [-0.4, -0.2) is 47.5 Å². The Morgan fingerprint density at radius 3 is 2.59 bits per heavy atom. The molecule has 152 valence electrons. The SMILES string of the molecule is Cc1nc(N2CCCCC2)ncc1C(=O)N[C@@H]1CC(=O)N(c2ccc(F)cc2)C1. The molecule has 29 heavy (non-hydrogen) atoms. The molecule has 7 nitrogen and oxygen atoms in total. The van der Waals surface area contributed by atoms with Crippen molar-refractivity contribution >= 4 is 23.5 Å². The van der Waals surface area contributed by atoms with Gasteiger partial charge in [0.2, 0.25) is 11.9 Å². The zero-order valence-electron chi connectivity index (χ0n) is 16.4. The number of halogens is 1. The van der Waals surface area contributed by atoms with Crippen molar-refractivity contribution in [2.45, 2.75) is 38.6 Å². The monoisotopic (exact) mass is 397 g/mol. The lowest BCUT2D eigenvalue weighted by Crippen LogP contribution is -2.38. The number of anilines is 2. The minimum Gasteiger partial charge on any atom is -0.347 e. The van der Waals surface area contributed by atoms with Crippen molar-refractivity contribution < 1.29 is 14.0 Å². The Bertz CT molecular complexity index is 912. The van der Waals surface area contributed by atoms with E-state index in [0.717, 1.165) is 25.9 Å². The van der Waals surface area contributed by atoms with Crippen molar-refractivity contribution in [3.63, 3.8) is 0 Å². The lowest BCUT2D eigenvalue weighted by atomic mass is 10.1. The number of hydrogen-bond acceptors (Lipinski definition) is 5. The maximum Gasteiger partial charge on any atom is 0.254 e. The second-order valence-electron chi connectivity index (χ2n) is 7.57. The molecule has 3 heterocycles. The highest BCUT2D eigenvalue weighted by atomic mass is 19.1. The Kier molecular flexibility index (Phi) is 5.42. The van der Waals surface area contributed by atoms with E-state index in [1.54, 1.807) is 30.2 Å². The average molecular weight is 397 g/mol. The number of nitrogens with zero attached hydrogens (tertiary/aromatic N) is 4. The molecule has 2 fully saturated rings. The van der Waals surface area contributed by atoms with Crippen molar-refractivity contribution in [1.29, 1.82) is 0 Å². The molecule has 2 aliphatic heterocycles. The van der Waals surface area contributed by atoms with Crippen LogP contribution < -0.4 is 15.1 Å². The molecule has 2 aliphatic rings. The molecule has 8 heteroatoms. The molecule has 0 unspecified atom stereocenters. The van der Waals surface area contributed by atoms with Crippen molar-refractivity contribution in [1.82, 2.24) is 15.3 Å². The highest BCUT2D eigenvalue weighted by molar-refractivity contribution is 5.99. The topological polar surface area (TPSA) is 78.4 Å². The lowest BCUT2D eigenvalue weighted by Gasteiger charge is -2.26. The molecular formula is C21H24FN5O2. The Labute approximate surface area is 168 Å². The first-order chi connectivity index (χ1) is 14.0. The average Bonchev–Trinajstić information content (AvgIpc) is 3.09. The third-order valence-electron chi connectivity index (χ3n) is 5.45. The van der Waals surface area contributed by atoms with E-state index in [1.165, 1.54) is 18.6 Å². The molecule has 0 saturated carbocycles. The van der Waals surface area contributed by atoms with Gasteiger partial charge < -0.3 is 15.1 Å². The molecule has 0 aliphatic carbocycles. The quantitative estimate of drug-likeness (QED) is 0.857. The Morgan fingerprint density at radius 1 is 1.17 bits per heavy atom. The minimum atomic E-state index is -0.353. The summed E-state index contributed by atoms with van der Waals surface area (Å²) in [5, 5.41) is 2.91. The summed E-state index contributed by atoms with van der Waals surface area (Å²) < 4.78 is 13.1. The number of carbonyl (C=O) groups is 2. The van der Waals surface area contributed by atoms with Crippen LogP contribution in [0.5, 0.6) is 0 Å². The predicted octanol–water partition coefficient (Wildman–Crippen LogP) is 2.45. The third kappa shape index (κ3) is 4.21. The molecular weight excluding hydrogens is 373 g/mol. The van der Waals surface area contributed by atoms with Gasteiger partial charge in [0.05, 0.1) is 17.3 Å². The van der Waals surface area contributed by atoms with Gasteiger partial charge in [0.1, 0.15) is 5.82 Å². The van der Waals surface area contributed by atoms with Gasteiger partial charge in [-0.3, -0.25) is 9.59 Å². The Morgan fingerprint density at radius 2 is 1.90 bits per heavy atom. The fourth-order valence-electron chi connectivity index (χ4n) is 3.86. The number of aromatic nitrogens is 2. The molecule has 0 bridgehead atoms. The normalized spacial score (nSPS) is 19.5. The number of carbonyl (C=O) groups excluding carboxylic acids is 2. The summed E-state index contributed by atoms with van der Waals surface area (Å²) >= 11 is 0. The van der Waals surface area contributed by atoms with Gasteiger partial charge >= 0.3 is 0 Å². The van der Waals surface area contributed by atoms with Crippen LogP contribution in [0, 0.1) is 12.7 Å². The van der Waals surface area contributed by atoms with Gasteiger partial charge in [0.15, 0.2) is 0 Å². The summed E-state index contributed by atoms with van der Waals surface area (Å²) in [6.45, 7) is 4.03. The molecule has 0 radical (unpaired) electrons. The van der Waals surface area contributed by atoms with Gasteiger partial charge in [0, 0.05) is 37.9 Å². The first kappa shape index (κ1) is 19.3. The third-order valence-corrected chi connectivity index (χ3v) is 5.45. The molecule has 1 atom stereocenters. The number of nitrogens with one attached hydrogen (secondary N) is 1. The first-order valence-electron chi connectivity index (χ1n) is 9.96. The Balaban J connectivity index is 1.41. The fourth-order valence-corrected chi connectivity index (χ4v) is 3.86. The van der Waals surface area contributed by atoms with Crippen molar-refractivity contribution in [2.24, 2.45) is 0 Å². The summed E-state index contributed by atoms with van der Waals surface area (Å²) in [6, 6.07) is 5.45. The number of hydrogen-bond donors (Lipinski definition) is 1. The second-order valence-corrected chi connectivity index (χ2v) is 7.57. The van der Waals surface area contributed by atoms with Gasteiger partial charge in [-0.05, 0) is 50.5 Å². The molecule has 1 aromatic carbocycles. The summed E-state index contributed by atoms with van der Waals surface area (Å²) in [6.07, 6.45) is 5.26. The number of rotatable bonds is 4. The molecule has 1 aromatic heterocycles. The molecule has 2 aromatic rings. The van der Waals surface area contributed by atoms with Crippen LogP contribution in [-0.2, 0) is 4.79 Å².